The molecule has 0 bridgehead atoms. The zero-order chi connectivity index (χ0) is 10.7. The summed E-state index contributed by atoms with van der Waals surface area (Å²) < 4.78 is 4.99. The lowest BCUT2D eigenvalue weighted by Gasteiger charge is -2.08. The van der Waals surface area contributed by atoms with Crippen molar-refractivity contribution in [2.75, 3.05) is 7.11 Å². The van der Waals surface area contributed by atoms with Crippen LogP contribution in [0.4, 0.5) is 0 Å². The molecule has 0 aliphatic carbocycles. The standard InChI is InChI=1S/C10H12ClNO2/c1-6(12)10(13)8-5-7(14-2)3-4-9(8)11/h3-6H,12H2,1-2H3. The summed E-state index contributed by atoms with van der Waals surface area (Å²) in [6.07, 6.45) is 0. The van der Waals surface area contributed by atoms with E-state index in [0.717, 1.165) is 0 Å². The highest BCUT2D eigenvalue weighted by Crippen LogP contribution is 2.22. The van der Waals surface area contributed by atoms with Gasteiger partial charge in [0.15, 0.2) is 5.78 Å². The van der Waals surface area contributed by atoms with E-state index in [2.05, 4.69) is 0 Å². The number of rotatable bonds is 3. The van der Waals surface area contributed by atoms with Crippen molar-refractivity contribution in [2.45, 2.75) is 13.0 Å². The second-order valence-electron chi connectivity index (χ2n) is 3.00. The average molecular weight is 214 g/mol. The first kappa shape index (κ1) is 11.0. The van der Waals surface area contributed by atoms with E-state index in [9.17, 15) is 4.79 Å². The Balaban J connectivity index is 3.12. The molecule has 0 amide bonds. The van der Waals surface area contributed by atoms with E-state index in [1.165, 1.54) is 7.11 Å². The van der Waals surface area contributed by atoms with Gasteiger partial charge in [0.25, 0.3) is 0 Å². The van der Waals surface area contributed by atoms with Crippen molar-refractivity contribution >= 4 is 17.4 Å². The first-order valence-corrected chi connectivity index (χ1v) is 4.57. The molecule has 76 valence electrons. The molecule has 14 heavy (non-hydrogen) atoms. The van der Waals surface area contributed by atoms with Gasteiger partial charge < -0.3 is 10.5 Å². The van der Waals surface area contributed by atoms with Crippen molar-refractivity contribution in [3.05, 3.63) is 28.8 Å². The number of carbonyl (C=O) groups is 1. The van der Waals surface area contributed by atoms with Crippen molar-refractivity contribution in [1.82, 2.24) is 0 Å². The van der Waals surface area contributed by atoms with Crippen LogP contribution >= 0.6 is 11.6 Å². The van der Waals surface area contributed by atoms with E-state index >= 15 is 0 Å². The average Bonchev–Trinajstić information content (AvgIpc) is 2.17. The highest BCUT2D eigenvalue weighted by Gasteiger charge is 2.15. The predicted octanol–water partition coefficient (Wildman–Crippen LogP) is 1.88. The van der Waals surface area contributed by atoms with Crippen molar-refractivity contribution in [2.24, 2.45) is 5.73 Å². The van der Waals surface area contributed by atoms with Gasteiger partial charge in [-0.2, -0.15) is 0 Å². The third-order valence-electron chi connectivity index (χ3n) is 1.85. The van der Waals surface area contributed by atoms with Crippen molar-refractivity contribution in [3.63, 3.8) is 0 Å². The van der Waals surface area contributed by atoms with Crippen LogP contribution in [0, 0.1) is 0 Å². The fraction of sp³-hybridized carbons (Fsp3) is 0.300. The molecule has 4 heteroatoms. The van der Waals surface area contributed by atoms with Gasteiger partial charge in [-0.15, -0.1) is 0 Å². The van der Waals surface area contributed by atoms with Crippen LogP contribution in [0.25, 0.3) is 0 Å². The minimum Gasteiger partial charge on any atom is -0.497 e. The Labute approximate surface area is 87.8 Å². The summed E-state index contributed by atoms with van der Waals surface area (Å²) in [6.45, 7) is 1.62. The topological polar surface area (TPSA) is 52.3 Å². The summed E-state index contributed by atoms with van der Waals surface area (Å²) >= 11 is 5.86. The smallest absolute Gasteiger partial charge is 0.180 e. The summed E-state index contributed by atoms with van der Waals surface area (Å²) in [6, 6.07) is 4.35. The molecule has 0 aromatic heterocycles. The van der Waals surface area contributed by atoms with Crippen molar-refractivity contribution in [1.29, 1.82) is 0 Å². The summed E-state index contributed by atoms with van der Waals surface area (Å²) in [7, 11) is 1.53. The van der Waals surface area contributed by atoms with Crippen LogP contribution in [-0.4, -0.2) is 18.9 Å². The molecule has 1 aromatic rings. The van der Waals surface area contributed by atoms with Crippen LogP contribution < -0.4 is 10.5 Å². The Bertz CT molecular complexity index is 350. The van der Waals surface area contributed by atoms with E-state index in [-0.39, 0.29) is 5.78 Å². The van der Waals surface area contributed by atoms with Gasteiger partial charge in [0, 0.05) is 5.56 Å². The SMILES string of the molecule is COc1ccc(Cl)c(C(=O)C(C)N)c1. The molecule has 3 nitrogen and oxygen atoms in total. The normalized spacial score (nSPS) is 12.3. The van der Waals surface area contributed by atoms with Gasteiger partial charge in [-0.25, -0.2) is 0 Å². The van der Waals surface area contributed by atoms with E-state index in [4.69, 9.17) is 22.1 Å². The summed E-state index contributed by atoms with van der Waals surface area (Å²) in [5, 5.41) is 0.396. The van der Waals surface area contributed by atoms with Crippen LogP contribution in [-0.2, 0) is 0 Å². The Kier molecular flexibility index (Phi) is 3.49. The summed E-state index contributed by atoms with van der Waals surface area (Å²) in [4.78, 5) is 11.6. The summed E-state index contributed by atoms with van der Waals surface area (Å²) in [5.74, 6) is 0.410. The Morgan fingerprint density at radius 2 is 2.21 bits per heavy atom. The van der Waals surface area contributed by atoms with Crippen LogP contribution in [0.5, 0.6) is 5.75 Å². The number of ketones is 1. The number of benzene rings is 1. The minimum atomic E-state index is -0.556. The van der Waals surface area contributed by atoms with Gasteiger partial charge in [-0.1, -0.05) is 11.6 Å². The van der Waals surface area contributed by atoms with E-state index in [1.807, 2.05) is 0 Å². The highest BCUT2D eigenvalue weighted by molar-refractivity contribution is 6.34. The number of methoxy groups -OCH3 is 1. The third-order valence-corrected chi connectivity index (χ3v) is 2.18. The number of Topliss-reactive ketones (excluding diaryl/α,β-unsaturated/α-hetero) is 1. The number of hydrogen-bond acceptors (Lipinski definition) is 3. The molecule has 1 atom stereocenters. The van der Waals surface area contributed by atoms with Crippen LogP contribution in [0.1, 0.15) is 17.3 Å². The molecule has 0 fully saturated rings. The lowest BCUT2D eigenvalue weighted by molar-refractivity contribution is 0.0968. The molecule has 0 spiro atoms. The maximum absolute atomic E-state index is 11.6. The molecule has 2 N–H and O–H groups in total. The van der Waals surface area contributed by atoms with Crippen LogP contribution in [0.15, 0.2) is 18.2 Å². The molecule has 0 radical (unpaired) electrons. The van der Waals surface area contributed by atoms with Crippen LogP contribution in [0.2, 0.25) is 5.02 Å². The molecule has 0 saturated heterocycles. The van der Waals surface area contributed by atoms with E-state index in [0.29, 0.717) is 16.3 Å². The lowest BCUT2D eigenvalue weighted by atomic mass is 10.1. The second-order valence-corrected chi connectivity index (χ2v) is 3.41. The molecule has 0 heterocycles. The third kappa shape index (κ3) is 2.25. The Hall–Kier alpha value is -1.06. The van der Waals surface area contributed by atoms with Gasteiger partial charge in [0.1, 0.15) is 5.75 Å². The zero-order valence-electron chi connectivity index (χ0n) is 8.08. The highest BCUT2D eigenvalue weighted by atomic mass is 35.5. The van der Waals surface area contributed by atoms with Crippen molar-refractivity contribution < 1.29 is 9.53 Å². The quantitative estimate of drug-likeness (QED) is 0.780. The molecule has 1 rings (SSSR count). The fourth-order valence-corrected chi connectivity index (χ4v) is 1.28. The van der Waals surface area contributed by atoms with E-state index < -0.39 is 6.04 Å². The minimum absolute atomic E-state index is 0.186. The fourth-order valence-electron chi connectivity index (χ4n) is 1.07. The molecule has 0 aliphatic rings. The van der Waals surface area contributed by atoms with Gasteiger partial charge in [0.2, 0.25) is 0 Å². The number of halogens is 1. The monoisotopic (exact) mass is 213 g/mol. The molecular formula is C10H12ClNO2. The second kappa shape index (κ2) is 4.44. The molecule has 0 saturated carbocycles. The molecule has 0 aliphatic heterocycles. The lowest BCUT2D eigenvalue weighted by Crippen LogP contribution is -2.26. The summed E-state index contributed by atoms with van der Waals surface area (Å²) in [5.41, 5.74) is 5.88. The molecular weight excluding hydrogens is 202 g/mol. The maximum Gasteiger partial charge on any atom is 0.180 e. The maximum atomic E-state index is 11.6. The number of nitrogens with two attached hydrogens (primary N) is 1. The Morgan fingerprint density at radius 3 is 2.71 bits per heavy atom. The van der Waals surface area contributed by atoms with Crippen LogP contribution in [0.3, 0.4) is 0 Å². The van der Waals surface area contributed by atoms with E-state index in [1.54, 1.807) is 25.1 Å². The number of ether oxygens (including phenoxy) is 1. The predicted molar refractivity (Wildman–Crippen MR) is 56.0 cm³/mol. The van der Waals surface area contributed by atoms with Gasteiger partial charge in [-0.3, -0.25) is 4.79 Å². The largest absolute Gasteiger partial charge is 0.497 e. The van der Waals surface area contributed by atoms with Gasteiger partial charge >= 0.3 is 0 Å². The molecule has 1 unspecified atom stereocenters. The first-order chi connectivity index (χ1) is 6.56. The Morgan fingerprint density at radius 1 is 1.57 bits per heavy atom. The van der Waals surface area contributed by atoms with Gasteiger partial charge in [0.05, 0.1) is 18.2 Å². The van der Waals surface area contributed by atoms with Gasteiger partial charge in [-0.05, 0) is 25.1 Å². The number of hydrogen-bond donors (Lipinski definition) is 1. The first-order valence-electron chi connectivity index (χ1n) is 4.19. The van der Waals surface area contributed by atoms with Crippen molar-refractivity contribution in [3.8, 4) is 5.75 Å². The number of carbonyl (C=O) groups excluding carboxylic acids is 1. The zero-order valence-corrected chi connectivity index (χ0v) is 8.84. The molecule has 1 aromatic carbocycles.